The number of H-pyrrole nitrogens is 1. The van der Waals surface area contributed by atoms with Crippen molar-refractivity contribution < 1.29 is 4.79 Å². The fourth-order valence-corrected chi connectivity index (χ4v) is 2.69. The van der Waals surface area contributed by atoms with E-state index < -0.39 is 0 Å². The molecule has 2 aromatic heterocycles. The fraction of sp³-hybridized carbons (Fsp3) is 0.263. The third-order valence-electron chi connectivity index (χ3n) is 3.90. The van der Waals surface area contributed by atoms with E-state index in [9.17, 15) is 4.79 Å². The van der Waals surface area contributed by atoms with Gasteiger partial charge < -0.3 is 15.6 Å². The average Bonchev–Trinajstić information content (AvgIpc) is 3.00. The lowest BCUT2D eigenvalue weighted by Crippen LogP contribution is -2.11. The summed E-state index contributed by atoms with van der Waals surface area (Å²) >= 11 is 0. The number of benzene rings is 1. The molecule has 0 fully saturated rings. The van der Waals surface area contributed by atoms with Crippen LogP contribution in [0.15, 0.2) is 48.8 Å². The van der Waals surface area contributed by atoms with Gasteiger partial charge in [-0.1, -0.05) is 25.1 Å². The number of rotatable bonds is 7. The van der Waals surface area contributed by atoms with Crippen LogP contribution in [0.3, 0.4) is 0 Å². The Morgan fingerprint density at radius 1 is 1.21 bits per heavy atom. The van der Waals surface area contributed by atoms with E-state index in [2.05, 4.69) is 45.0 Å². The Morgan fingerprint density at radius 2 is 2.08 bits per heavy atom. The fourth-order valence-electron chi connectivity index (χ4n) is 2.69. The zero-order valence-electron chi connectivity index (χ0n) is 13.8. The molecule has 1 aromatic carbocycles. The van der Waals surface area contributed by atoms with Crippen LogP contribution < -0.4 is 10.6 Å². The first-order valence-electron chi connectivity index (χ1n) is 8.31. The monoisotopic (exact) mass is 322 g/mol. The summed E-state index contributed by atoms with van der Waals surface area (Å²) in [5.41, 5.74) is 3.19. The Hall–Kier alpha value is -2.82. The highest BCUT2D eigenvalue weighted by atomic mass is 16.1. The minimum Gasteiger partial charge on any atom is -0.370 e. The molecule has 5 nitrogen and oxygen atoms in total. The van der Waals surface area contributed by atoms with E-state index in [0.717, 1.165) is 36.4 Å². The summed E-state index contributed by atoms with van der Waals surface area (Å²) in [4.78, 5) is 19.2. The molecule has 0 radical (unpaired) electrons. The highest BCUT2D eigenvalue weighted by Gasteiger charge is 2.04. The van der Waals surface area contributed by atoms with Crippen molar-refractivity contribution >= 4 is 28.3 Å². The first-order chi connectivity index (χ1) is 11.8. The quantitative estimate of drug-likeness (QED) is 0.617. The average molecular weight is 322 g/mol. The van der Waals surface area contributed by atoms with Crippen LogP contribution in [0.4, 0.5) is 11.5 Å². The predicted octanol–water partition coefficient (Wildman–Crippen LogP) is 3.96. The predicted molar refractivity (Wildman–Crippen MR) is 98.3 cm³/mol. The van der Waals surface area contributed by atoms with Gasteiger partial charge in [0.05, 0.1) is 11.9 Å². The second kappa shape index (κ2) is 7.64. The normalized spacial score (nSPS) is 10.7. The van der Waals surface area contributed by atoms with E-state index in [1.165, 1.54) is 10.9 Å². The minimum atomic E-state index is 0.0272. The molecular formula is C19H22N4O. The van der Waals surface area contributed by atoms with Gasteiger partial charge in [0.1, 0.15) is 5.82 Å². The van der Waals surface area contributed by atoms with Crippen LogP contribution in [-0.2, 0) is 11.2 Å². The number of nitrogens with zero attached hydrogens (tertiary/aromatic N) is 1. The largest absolute Gasteiger partial charge is 0.370 e. The van der Waals surface area contributed by atoms with Gasteiger partial charge >= 0.3 is 0 Å². The molecule has 0 spiro atoms. The molecule has 0 unspecified atom stereocenters. The highest BCUT2D eigenvalue weighted by Crippen LogP contribution is 2.18. The summed E-state index contributed by atoms with van der Waals surface area (Å²) in [5.74, 6) is 0.836. The van der Waals surface area contributed by atoms with Crippen molar-refractivity contribution in [3.63, 3.8) is 0 Å². The number of hydrogen-bond donors (Lipinski definition) is 3. The number of carbonyl (C=O) groups excluding carboxylic acids is 1. The molecule has 0 atom stereocenters. The summed E-state index contributed by atoms with van der Waals surface area (Å²) in [6.45, 7) is 2.79. The molecule has 0 aliphatic rings. The Kier molecular flexibility index (Phi) is 5.11. The van der Waals surface area contributed by atoms with Crippen LogP contribution in [-0.4, -0.2) is 22.4 Å². The van der Waals surface area contributed by atoms with Gasteiger partial charge in [0.15, 0.2) is 0 Å². The number of hydrogen-bond acceptors (Lipinski definition) is 3. The standard InChI is InChI=1S/C19H22N4O/c1-2-5-19(24)23-15-8-9-18(22-13-15)20-11-10-14-12-21-17-7-4-3-6-16(14)17/h3-4,6-9,12-13,21H,2,5,10-11H2,1H3,(H,20,22)(H,23,24). The van der Waals surface area contributed by atoms with Crippen molar-refractivity contribution in [2.24, 2.45) is 0 Å². The molecule has 0 saturated heterocycles. The zero-order chi connectivity index (χ0) is 16.8. The lowest BCUT2D eigenvalue weighted by Gasteiger charge is -2.07. The molecule has 1 amide bonds. The molecule has 5 heteroatoms. The number of fused-ring (bicyclic) bond motifs is 1. The highest BCUT2D eigenvalue weighted by molar-refractivity contribution is 5.90. The van der Waals surface area contributed by atoms with Crippen LogP contribution in [0.25, 0.3) is 10.9 Å². The Labute approximate surface area is 141 Å². The first kappa shape index (κ1) is 16.1. The number of anilines is 2. The van der Waals surface area contributed by atoms with Crippen molar-refractivity contribution in [2.45, 2.75) is 26.2 Å². The van der Waals surface area contributed by atoms with Gasteiger partial charge in [-0.05, 0) is 36.6 Å². The Bertz CT molecular complexity index is 808. The third-order valence-corrected chi connectivity index (χ3v) is 3.90. The molecule has 0 aliphatic carbocycles. The van der Waals surface area contributed by atoms with E-state index in [1.54, 1.807) is 6.20 Å². The molecular weight excluding hydrogens is 300 g/mol. The van der Waals surface area contributed by atoms with Crippen molar-refractivity contribution in [2.75, 3.05) is 17.2 Å². The summed E-state index contributed by atoms with van der Waals surface area (Å²) in [7, 11) is 0. The Balaban J connectivity index is 1.52. The van der Waals surface area contributed by atoms with E-state index in [1.807, 2.05) is 25.1 Å². The topological polar surface area (TPSA) is 69.8 Å². The van der Waals surface area contributed by atoms with Crippen molar-refractivity contribution in [1.82, 2.24) is 9.97 Å². The van der Waals surface area contributed by atoms with Crippen molar-refractivity contribution in [3.8, 4) is 0 Å². The maximum Gasteiger partial charge on any atom is 0.224 e. The van der Waals surface area contributed by atoms with Gasteiger partial charge in [0.2, 0.25) is 5.91 Å². The molecule has 3 aromatic rings. The van der Waals surface area contributed by atoms with E-state index in [-0.39, 0.29) is 5.91 Å². The molecule has 0 aliphatic heterocycles. The van der Waals surface area contributed by atoms with Crippen molar-refractivity contribution in [1.29, 1.82) is 0 Å². The smallest absolute Gasteiger partial charge is 0.224 e. The lowest BCUT2D eigenvalue weighted by atomic mass is 10.1. The second-order valence-corrected chi connectivity index (χ2v) is 5.77. The van der Waals surface area contributed by atoms with E-state index in [4.69, 9.17) is 0 Å². The molecule has 0 saturated carbocycles. The van der Waals surface area contributed by atoms with Crippen LogP contribution >= 0.6 is 0 Å². The van der Waals surface area contributed by atoms with Crippen LogP contribution in [0.2, 0.25) is 0 Å². The lowest BCUT2D eigenvalue weighted by molar-refractivity contribution is -0.116. The number of amides is 1. The minimum absolute atomic E-state index is 0.0272. The van der Waals surface area contributed by atoms with Crippen LogP contribution in [0, 0.1) is 0 Å². The molecule has 2 heterocycles. The number of nitrogens with one attached hydrogen (secondary N) is 3. The van der Waals surface area contributed by atoms with Gasteiger partial charge in [0, 0.05) is 30.1 Å². The number of aromatic amines is 1. The maximum atomic E-state index is 11.6. The zero-order valence-corrected chi connectivity index (χ0v) is 13.8. The number of pyridine rings is 1. The second-order valence-electron chi connectivity index (χ2n) is 5.77. The van der Waals surface area contributed by atoms with E-state index in [0.29, 0.717) is 6.42 Å². The summed E-state index contributed by atoms with van der Waals surface area (Å²) in [5, 5.41) is 7.42. The van der Waals surface area contributed by atoms with Crippen molar-refractivity contribution in [3.05, 3.63) is 54.4 Å². The summed E-state index contributed by atoms with van der Waals surface area (Å²) in [6, 6.07) is 12.1. The van der Waals surface area contributed by atoms with Gasteiger partial charge in [0.25, 0.3) is 0 Å². The molecule has 24 heavy (non-hydrogen) atoms. The SMILES string of the molecule is CCCC(=O)Nc1ccc(NCCc2c[nH]c3ccccc23)nc1. The van der Waals surface area contributed by atoms with Crippen LogP contribution in [0.1, 0.15) is 25.3 Å². The first-order valence-corrected chi connectivity index (χ1v) is 8.31. The summed E-state index contributed by atoms with van der Waals surface area (Å²) in [6.07, 6.45) is 6.03. The molecule has 3 N–H and O–H groups in total. The molecule has 0 bridgehead atoms. The van der Waals surface area contributed by atoms with Crippen LogP contribution in [0.5, 0.6) is 0 Å². The van der Waals surface area contributed by atoms with Gasteiger partial charge in [-0.15, -0.1) is 0 Å². The third kappa shape index (κ3) is 3.93. The Morgan fingerprint density at radius 3 is 2.88 bits per heavy atom. The number of carbonyl (C=O) groups is 1. The van der Waals surface area contributed by atoms with E-state index >= 15 is 0 Å². The molecule has 3 rings (SSSR count). The maximum absolute atomic E-state index is 11.6. The number of para-hydroxylation sites is 1. The molecule has 124 valence electrons. The van der Waals surface area contributed by atoms with Gasteiger partial charge in [-0.3, -0.25) is 4.79 Å². The number of aromatic nitrogens is 2. The van der Waals surface area contributed by atoms with Gasteiger partial charge in [-0.2, -0.15) is 0 Å². The summed E-state index contributed by atoms with van der Waals surface area (Å²) < 4.78 is 0. The van der Waals surface area contributed by atoms with Gasteiger partial charge in [-0.25, -0.2) is 4.98 Å².